The van der Waals surface area contributed by atoms with Crippen molar-refractivity contribution in [2.75, 3.05) is 12.3 Å². The molecule has 106 valence electrons. The molecular weight excluding hydrogens is 285 g/mol. The Kier molecular flexibility index (Phi) is 5.28. The van der Waals surface area contributed by atoms with Crippen molar-refractivity contribution in [3.8, 4) is 0 Å². The molecule has 0 aromatic carbocycles. The number of hydrogen-bond donors (Lipinski definition) is 2. The second kappa shape index (κ2) is 6.50. The van der Waals surface area contributed by atoms with E-state index in [1.807, 2.05) is 0 Å². The van der Waals surface area contributed by atoms with Crippen molar-refractivity contribution in [1.82, 2.24) is 9.88 Å². The van der Waals surface area contributed by atoms with Gasteiger partial charge >= 0.3 is 11.5 Å². The molecule has 1 heterocycles. The van der Waals surface area contributed by atoms with Gasteiger partial charge in [0.25, 0.3) is 0 Å². The summed E-state index contributed by atoms with van der Waals surface area (Å²) >= 11 is -0.224. The van der Waals surface area contributed by atoms with E-state index in [9.17, 15) is 22.8 Å². The lowest BCUT2D eigenvalue weighted by Gasteiger charge is -2.08. The van der Waals surface area contributed by atoms with Gasteiger partial charge in [-0.2, -0.15) is 13.2 Å². The van der Waals surface area contributed by atoms with E-state index in [0.717, 1.165) is 0 Å². The summed E-state index contributed by atoms with van der Waals surface area (Å²) in [6.07, 6.45) is 1.41. The Morgan fingerprint density at radius 2 is 2.11 bits per heavy atom. The van der Waals surface area contributed by atoms with Crippen LogP contribution in [0.25, 0.3) is 0 Å². The Balaban J connectivity index is 2.35. The number of carboxylic acid groups (broad SMARTS) is 1. The molecule has 2 N–H and O–H groups in total. The molecule has 0 fully saturated rings. The Morgan fingerprint density at radius 3 is 2.68 bits per heavy atom. The van der Waals surface area contributed by atoms with Crippen molar-refractivity contribution in [3.05, 3.63) is 24.0 Å². The lowest BCUT2D eigenvalue weighted by Crippen LogP contribution is -2.30. The molecule has 0 atom stereocenters. The first-order valence-electron chi connectivity index (χ1n) is 5.15. The predicted octanol–water partition coefficient (Wildman–Crippen LogP) is 1.56. The van der Waals surface area contributed by atoms with Crippen LogP contribution >= 0.6 is 11.8 Å². The smallest absolute Gasteiger partial charge is 0.441 e. The van der Waals surface area contributed by atoms with E-state index in [1.54, 1.807) is 0 Å². The quantitative estimate of drug-likeness (QED) is 0.781. The molecule has 0 bridgehead atoms. The van der Waals surface area contributed by atoms with Crippen LogP contribution in [0, 0.1) is 0 Å². The maximum Gasteiger partial charge on any atom is 0.441 e. The second-order valence-electron chi connectivity index (χ2n) is 3.47. The molecular formula is C10H11F3N2O3S. The molecule has 1 amide bonds. The summed E-state index contributed by atoms with van der Waals surface area (Å²) < 4.78 is 36.6. The number of thioether (sulfide) groups is 1. The fraction of sp³-hybridized carbons (Fsp3) is 0.400. The minimum absolute atomic E-state index is 0.0557. The van der Waals surface area contributed by atoms with E-state index < -0.39 is 17.4 Å². The normalized spacial score (nSPS) is 11.3. The average Bonchev–Trinajstić information content (AvgIpc) is 2.71. The van der Waals surface area contributed by atoms with Gasteiger partial charge in [0, 0.05) is 18.5 Å². The highest BCUT2D eigenvalue weighted by molar-refractivity contribution is 8.00. The van der Waals surface area contributed by atoms with E-state index in [1.165, 1.54) is 22.9 Å². The fourth-order valence-corrected chi connectivity index (χ4v) is 1.75. The van der Waals surface area contributed by atoms with Crippen LogP contribution in [0.4, 0.5) is 13.2 Å². The van der Waals surface area contributed by atoms with Gasteiger partial charge in [0.05, 0.1) is 0 Å². The summed E-state index contributed by atoms with van der Waals surface area (Å²) in [4.78, 5) is 22.1. The molecule has 19 heavy (non-hydrogen) atoms. The molecule has 0 saturated heterocycles. The SMILES string of the molecule is O=C(Cn1cccc1C(=O)O)NCCSC(F)(F)F. The highest BCUT2D eigenvalue weighted by Gasteiger charge is 2.27. The monoisotopic (exact) mass is 296 g/mol. The molecule has 0 aliphatic carbocycles. The summed E-state index contributed by atoms with van der Waals surface area (Å²) in [5, 5.41) is 11.1. The molecule has 9 heteroatoms. The zero-order chi connectivity index (χ0) is 14.5. The largest absolute Gasteiger partial charge is 0.477 e. The van der Waals surface area contributed by atoms with Crippen LogP contribution in [-0.4, -0.2) is 39.4 Å². The van der Waals surface area contributed by atoms with Crippen molar-refractivity contribution in [3.63, 3.8) is 0 Å². The van der Waals surface area contributed by atoms with Crippen molar-refractivity contribution in [2.45, 2.75) is 12.1 Å². The molecule has 1 rings (SSSR count). The standard InChI is InChI=1S/C10H11F3N2O3S/c11-10(12,13)19-5-3-14-8(16)6-15-4-1-2-7(15)9(17)18/h1-2,4H,3,5-6H2,(H,14,16)(H,17,18). The van der Waals surface area contributed by atoms with Gasteiger partial charge in [-0.3, -0.25) is 4.79 Å². The predicted molar refractivity (Wildman–Crippen MR) is 62.9 cm³/mol. The van der Waals surface area contributed by atoms with E-state index in [-0.39, 0.29) is 36.3 Å². The third-order valence-corrected chi connectivity index (χ3v) is 2.79. The molecule has 1 aromatic rings. The lowest BCUT2D eigenvalue weighted by molar-refractivity contribution is -0.121. The molecule has 5 nitrogen and oxygen atoms in total. The van der Waals surface area contributed by atoms with E-state index in [4.69, 9.17) is 5.11 Å². The maximum absolute atomic E-state index is 11.8. The van der Waals surface area contributed by atoms with Crippen LogP contribution in [0.2, 0.25) is 0 Å². The number of carbonyl (C=O) groups excluding carboxylic acids is 1. The van der Waals surface area contributed by atoms with Crippen LogP contribution in [0.15, 0.2) is 18.3 Å². The van der Waals surface area contributed by atoms with Gasteiger partial charge in [0.1, 0.15) is 12.2 Å². The van der Waals surface area contributed by atoms with Crippen molar-refractivity contribution in [1.29, 1.82) is 0 Å². The van der Waals surface area contributed by atoms with Gasteiger partial charge in [-0.25, -0.2) is 4.79 Å². The van der Waals surface area contributed by atoms with Crippen LogP contribution in [0.5, 0.6) is 0 Å². The average molecular weight is 296 g/mol. The highest BCUT2D eigenvalue weighted by Crippen LogP contribution is 2.29. The molecule has 0 unspecified atom stereocenters. The number of amides is 1. The molecule has 0 radical (unpaired) electrons. The minimum atomic E-state index is -4.32. The van der Waals surface area contributed by atoms with Crippen LogP contribution in [0.1, 0.15) is 10.5 Å². The Labute approximate surface area is 110 Å². The van der Waals surface area contributed by atoms with Crippen molar-refractivity contribution < 1.29 is 27.9 Å². The number of nitrogens with zero attached hydrogens (tertiary/aromatic N) is 1. The summed E-state index contributed by atoms with van der Waals surface area (Å²) in [6.45, 7) is -0.377. The maximum atomic E-state index is 11.8. The summed E-state index contributed by atoms with van der Waals surface area (Å²) in [5.74, 6) is -2.00. The number of carbonyl (C=O) groups is 2. The van der Waals surface area contributed by atoms with E-state index in [0.29, 0.717) is 0 Å². The minimum Gasteiger partial charge on any atom is -0.477 e. The topological polar surface area (TPSA) is 71.3 Å². The van der Waals surface area contributed by atoms with Gasteiger partial charge in [-0.1, -0.05) is 0 Å². The number of carboxylic acids is 1. The number of nitrogens with one attached hydrogen (secondary N) is 1. The van der Waals surface area contributed by atoms with Gasteiger partial charge in [0.2, 0.25) is 5.91 Å². The molecule has 0 spiro atoms. The number of alkyl halides is 3. The zero-order valence-corrected chi connectivity index (χ0v) is 10.4. The van der Waals surface area contributed by atoms with Crippen molar-refractivity contribution >= 4 is 23.6 Å². The number of aromatic carboxylic acids is 1. The number of halogens is 3. The third kappa shape index (κ3) is 5.69. The first-order valence-corrected chi connectivity index (χ1v) is 6.14. The Bertz CT molecular complexity index is 459. The summed E-state index contributed by atoms with van der Waals surface area (Å²) in [7, 11) is 0. The Morgan fingerprint density at radius 1 is 1.42 bits per heavy atom. The van der Waals surface area contributed by atoms with Gasteiger partial charge < -0.3 is 15.0 Å². The molecule has 0 aliphatic heterocycles. The Hall–Kier alpha value is -1.64. The summed E-state index contributed by atoms with van der Waals surface area (Å²) in [6, 6.07) is 2.80. The molecule has 1 aromatic heterocycles. The molecule has 0 saturated carbocycles. The summed E-state index contributed by atoms with van der Waals surface area (Å²) in [5.41, 5.74) is -4.37. The molecule has 0 aliphatic rings. The van der Waals surface area contributed by atoms with Crippen LogP contribution < -0.4 is 5.32 Å². The van der Waals surface area contributed by atoms with E-state index >= 15 is 0 Å². The first-order chi connectivity index (χ1) is 8.79. The fourth-order valence-electron chi connectivity index (χ4n) is 1.31. The first kappa shape index (κ1) is 15.4. The lowest BCUT2D eigenvalue weighted by atomic mass is 10.4. The van der Waals surface area contributed by atoms with Gasteiger partial charge in [-0.15, -0.1) is 0 Å². The zero-order valence-electron chi connectivity index (χ0n) is 9.61. The second-order valence-corrected chi connectivity index (χ2v) is 4.63. The number of hydrogen-bond acceptors (Lipinski definition) is 3. The van der Waals surface area contributed by atoms with Crippen LogP contribution in [0.3, 0.4) is 0 Å². The highest BCUT2D eigenvalue weighted by atomic mass is 32.2. The number of rotatable bonds is 6. The van der Waals surface area contributed by atoms with E-state index in [2.05, 4.69) is 5.32 Å². The van der Waals surface area contributed by atoms with Crippen molar-refractivity contribution in [2.24, 2.45) is 0 Å². The van der Waals surface area contributed by atoms with Crippen LogP contribution in [-0.2, 0) is 11.3 Å². The third-order valence-electron chi connectivity index (χ3n) is 2.05. The van der Waals surface area contributed by atoms with Gasteiger partial charge in [-0.05, 0) is 23.9 Å². The van der Waals surface area contributed by atoms with Gasteiger partial charge in [0.15, 0.2) is 0 Å². The number of aromatic nitrogens is 1.